The van der Waals surface area contributed by atoms with E-state index in [1.165, 1.54) is 52.2 Å². The lowest BCUT2D eigenvalue weighted by atomic mass is 10.1. The lowest BCUT2D eigenvalue weighted by molar-refractivity contribution is -0.128. The van der Waals surface area contributed by atoms with Gasteiger partial charge in [-0.1, -0.05) is 0 Å². The second-order valence-electron chi connectivity index (χ2n) is 5.81. The number of imide groups is 2. The molecule has 0 aliphatic heterocycles. The number of benzene rings is 1. The second kappa shape index (κ2) is 11.1. The van der Waals surface area contributed by atoms with Gasteiger partial charge < -0.3 is 20.1 Å². The molecular weight excluding hydrogens is 400 g/mol. The van der Waals surface area contributed by atoms with Crippen LogP contribution in [0.1, 0.15) is 34.6 Å². The normalized spacial score (nSPS) is 11.9. The molecule has 30 heavy (non-hydrogen) atoms. The van der Waals surface area contributed by atoms with Crippen LogP contribution in [-0.4, -0.2) is 62.1 Å². The van der Waals surface area contributed by atoms with Gasteiger partial charge in [-0.15, -0.1) is 0 Å². The summed E-state index contributed by atoms with van der Waals surface area (Å²) < 4.78 is 9.90. The van der Waals surface area contributed by atoms with E-state index in [1.807, 2.05) is 10.6 Å². The Kier molecular flexibility index (Phi) is 8.94. The highest BCUT2D eigenvalue weighted by atomic mass is 16.6. The van der Waals surface area contributed by atoms with Crippen molar-refractivity contribution in [2.45, 2.75) is 26.1 Å². The first-order valence-corrected chi connectivity index (χ1v) is 8.66. The van der Waals surface area contributed by atoms with Crippen molar-refractivity contribution >= 4 is 35.8 Å². The zero-order valence-corrected chi connectivity index (χ0v) is 16.7. The third kappa shape index (κ3) is 7.22. The van der Waals surface area contributed by atoms with Crippen molar-refractivity contribution in [3.05, 3.63) is 35.4 Å². The number of hydrogen-bond donors (Lipinski definition) is 4. The van der Waals surface area contributed by atoms with Crippen molar-refractivity contribution in [2.75, 3.05) is 14.1 Å². The fraction of sp³-hybridized carbons (Fsp3) is 0.333. The molecular formula is C18H22N4O8. The Hall–Kier alpha value is -3.96. The molecule has 0 heterocycles. The Morgan fingerprint density at radius 3 is 1.23 bits per heavy atom. The fourth-order valence-corrected chi connectivity index (χ4v) is 1.86. The van der Waals surface area contributed by atoms with Gasteiger partial charge in [-0.05, 0) is 38.1 Å². The van der Waals surface area contributed by atoms with Crippen molar-refractivity contribution in [3.63, 3.8) is 0 Å². The summed E-state index contributed by atoms with van der Waals surface area (Å²) in [6.07, 6.45) is -2.47. The van der Waals surface area contributed by atoms with Gasteiger partial charge in [-0.2, -0.15) is 0 Å². The Morgan fingerprint density at radius 1 is 0.667 bits per heavy atom. The summed E-state index contributed by atoms with van der Waals surface area (Å²) in [5, 5.41) is 8.31. The highest BCUT2D eigenvalue weighted by Crippen LogP contribution is 2.10. The van der Waals surface area contributed by atoms with Gasteiger partial charge in [0.15, 0.2) is 12.2 Å². The maximum atomic E-state index is 12.1. The first kappa shape index (κ1) is 24.1. The number of carbonyl (C=O) groups is 6. The average molecular weight is 422 g/mol. The van der Waals surface area contributed by atoms with E-state index >= 15 is 0 Å². The number of rotatable bonds is 6. The predicted molar refractivity (Wildman–Crippen MR) is 101 cm³/mol. The maximum Gasteiger partial charge on any atom is 0.338 e. The van der Waals surface area contributed by atoms with Gasteiger partial charge in [0, 0.05) is 14.1 Å². The van der Waals surface area contributed by atoms with Gasteiger partial charge in [0.25, 0.3) is 11.8 Å². The number of nitrogens with one attached hydrogen (secondary N) is 4. The lowest BCUT2D eigenvalue weighted by Gasteiger charge is -2.14. The molecule has 0 aromatic heterocycles. The van der Waals surface area contributed by atoms with Crippen LogP contribution in [0.15, 0.2) is 24.3 Å². The van der Waals surface area contributed by atoms with Crippen LogP contribution in [0, 0.1) is 0 Å². The molecule has 2 unspecified atom stereocenters. The molecule has 162 valence electrons. The van der Waals surface area contributed by atoms with E-state index in [9.17, 15) is 28.8 Å². The van der Waals surface area contributed by atoms with Gasteiger partial charge in [-0.3, -0.25) is 20.2 Å². The molecule has 0 aliphatic carbocycles. The lowest BCUT2D eigenvalue weighted by Crippen LogP contribution is -2.43. The third-order valence-corrected chi connectivity index (χ3v) is 3.59. The average Bonchev–Trinajstić information content (AvgIpc) is 2.73. The Bertz CT molecular complexity index is 768. The Labute approximate surface area is 171 Å². The van der Waals surface area contributed by atoms with Crippen LogP contribution in [0.4, 0.5) is 9.59 Å². The SMILES string of the molecule is CNC(=O)NC(=O)C(C)OC(=O)c1ccc(C(=O)OC(C)C(=O)NC(=O)NC)cc1. The first-order valence-electron chi connectivity index (χ1n) is 8.66. The van der Waals surface area contributed by atoms with E-state index in [1.54, 1.807) is 0 Å². The van der Waals surface area contributed by atoms with E-state index in [0.29, 0.717) is 0 Å². The van der Waals surface area contributed by atoms with Crippen LogP contribution in [-0.2, 0) is 19.1 Å². The first-order chi connectivity index (χ1) is 14.1. The van der Waals surface area contributed by atoms with E-state index in [-0.39, 0.29) is 11.1 Å². The molecule has 0 radical (unpaired) electrons. The predicted octanol–water partition coefficient (Wildman–Crippen LogP) is -0.312. The van der Waals surface area contributed by atoms with Crippen molar-refractivity contribution < 1.29 is 38.2 Å². The molecule has 12 nitrogen and oxygen atoms in total. The largest absolute Gasteiger partial charge is 0.449 e. The second-order valence-corrected chi connectivity index (χ2v) is 5.81. The van der Waals surface area contributed by atoms with Crippen molar-refractivity contribution in [1.29, 1.82) is 0 Å². The molecule has 4 N–H and O–H groups in total. The quantitative estimate of drug-likeness (QED) is 0.452. The third-order valence-electron chi connectivity index (χ3n) is 3.59. The summed E-state index contributed by atoms with van der Waals surface area (Å²) in [7, 11) is 2.64. The number of ether oxygens (including phenoxy) is 2. The summed E-state index contributed by atoms with van der Waals surface area (Å²) in [6, 6.07) is 3.55. The monoisotopic (exact) mass is 422 g/mol. The maximum absolute atomic E-state index is 12.1. The highest BCUT2D eigenvalue weighted by Gasteiger charge is 2.22. The van der Waals surface area contributed by atoms with Crippen molar-refractivity contribution in [1.82, 2.24) is 21.3 Å². The van der Waals surface area contributed by atoms with Gasteiger partial charge in [0.1, 0.15) is 0 Å². The van der Waals surface area contributed by atoms with Crippen LogP contribution in [0.25, 0.3) is 0 Å². The molecule has 1 aromatic carbocycles. The molecule has 12 heteroatoms. The van der Waals surface area contributed by atoms with E-state index < -0.39 is 48.0 Å². The summed E-state index contributed by atoms with van der Waals surface area (Å²) in [4.78, 5) is 69.8. The summed E-state index contributed by atoms with van der Waals surface area (Å²) in [5.74, 6) is -3.33. The van der Waals surface area contributed by atoms with E-state index in [2.05, 4.69) is 10.6 Å². The van der Waals surface area contributed by atoms with Crippen LogP contribution in [0.3, 0.4) is 0 Å². The van der Waals surface area contributed by atoms with Crippen LogP contribution < -0.4 is 21.3 Å². The van der Waals surface area contributed by atoms with Gasteiger partial charge >= 0.3 is 24.0 Å². The van der Waals surface area contributed by atoms with Gasteiger partial charge in [0.2, 0.25) is 0 Å². The van der Waals surface area contributed by atoms with Crippen molar-refractivity contribution in [3.8, 4) is 0 Å². The van der Waals surface area contributed by atoms with E-state index in [4.69, 9.17) is 9.47 Å². The number of carbonyl (C=O) groups excluding carboxylic acids is 6. The van der Waals surface area contributed by atoms with Crippen molar-refractivity contribution in [2.24, 2.45) is 0 Å². The molecule has 0 saturated heterocycles. The number of amides is 6. The number of esters is 2. The molecule has 0 spiro atoms. The molecule has 0 fully saturated rings. The topological polar surface area (TPSA) is 169 Å². The van der Waals surface area contributed by atoms with E-state index in [0.717, 1.165) is 0 Å². The molecule has 2 atom stereocenters. The van der Waals surface area contributed by atoms with Crippen LogP contribution in [0.5, 0.6) is 0 Å². The molecule has 0 bridgehead atoms. The zero-order valence-electron chi connectivity index (χ0n) is 16.7. The highest BCUT2D eigenvalue weighted by molar-refractivity contribution is 6.00. The minimum absolute atomic E-state index is 0.0385. The Morgan fingerprint density at radius 2 is 0.967 bits per heavy atom. The van der Waals surface area contributed by atoms with Crippen LogP contribution >= 0.6 is 0 Å². The minimum atomic E-state index is -1.24. The summed E-state index contributed by atoms with van der Waals surface area (Å²) in [6.45, 7) is 2.57. The number of hydrogen-bond acceptors (Lipinski definition) is 8. The Balaban J connectivity index is 2.67. The standard InChI is InChI=1S/C18H22N4O8/c1-9(13(23)21-17(27)19-3)29-15(25)11-5-7-12(8-6-11)16(26)30-10(2)14(24)22-18(28)20-4/h5-10H,1-4H3,(H2,19,21,23,27)(H2,20,22,24,28). The summed E-state index contributed by atoms with van der Waals surface area (Å²) in [5.41, 5.74) is 0.0769. The molecule has 1 rings (SSSR count). The summed E-state index contributed by atoms with van der Waals surface area (Å²) >= 11 is 0. The van der Waals surface area contributed by atoms with Crippen LogP contribution in [0.2, 0.25) is 0 Å². The molecule has 6 amide bonds. The number of urea groups is 2. The van der Waals surface area contributed by atoms with Gasteiger partial charge in [-0.25, -0.2) is 19.2 Å². The molecule has 1 aromatic rings. The zero-order chi connectivity index (χ0) is 22.8. The molecule has 0 aliphatic rings. The van der Waals surface area contributed by atoms with Gasteiger partial charge in [0.05, 0.1) is 11.1 Å². The smallest absolute Gasteiger partial charge is 0.338 e. The fourth-order valence-electron chi connectivity index (χ4n) is 1.86. The minimum Gasteiger partial charge on any atom is -0.449 e. The molecule has 0 saturated carbocycles.